The zero-order valence-electron chi connectivity index (χ0n) is 11.8. The van der Waals surface area contributed by atoms with Crippen LogP contribution < -0.4 is 16.0 Å². The van der Waals surface area contributed by atoms with E-state index >= 15 is 0 Å². The van der Waals surface area contributed by atoms with Gasteiger partial charge in [0.15, 0.2) is 0 Å². The minimum atomic E-state index is 0. The van der Waals surface area contributed by atoms with Crippen LogP contribution in [0.25, 0.3) is 0 Å². The molecule has 0 unspecified atom stereocenters. The summed E-state index contributed by atoms with van der Waals surface area (Å²) in [6, 6.07) is 0.248. The van der Waals surface area contributed by atoms with Crippen LogP contribution >= 0.6 is 12.4 Å². The Kier molecular flexibility index (Phi) is 9.61. The predicted molar refractivity (Wildman–Crippen MR) is 78.4 cm³/mol. The number of piperidine rings is 1. The second-order valence-corrected chi connectivity index (χ2v) is 5.31. The number of rotatable bonds is 6. The highest BCUT2D eigenvalue weighted by Crippen LogP contribution is 2.01. The maximum absolute atomic E-state index is 11.6. The second-order valence-electron chi connectivity index (χ2n) is 5.31. The first kappa shape index (κ1) is 18.2. The van der Waals surface area contributed by atoms with E-state index in [-0.39, 0.29) is 30.3 Å². The third-order valence-electron chi connectivity index (χ3n) is 2.93. The van der Waals surface area contributed by atoms with Crippen LogP contribution in [0.15, 0.2) is 0 Å². The Labute approximate surface area is 121 Å². The van der Waals surface area contributed by atoms with Crippen molar-refractivity contribution in [2.45, 2.75) is 45.6 Å². The molecule has 19 heavy (non-hydrogen) atoms. The van der Waals surface area contributed by atoms with E-state index in [4.69, 9.17) is 0 Å². The second kappa shape index (κ2) is 10.0. The molecule has 1 atom stereocenters. The first-order valence-electron chi connectivity index (χ1n) is 6.84. The molecule has 2 amide bonds. The van der Waals surface area contributed by atoms with Crippen molar-refractivity contribution in [1.82, 2.24) is 16.0 Å². The highest BCUT2D eigenvalue weighted by atomic mass is 35.5. The van der Waals surface area contributed by atoms with Gasteiger partial charge in [-0.25, -0.2) is 0 Å². The molecule has 1 aliphatic heterocycles. The van der Waals surface area contributed by atoms with Gasteiger partial charge in [-0.1, -0.05) is 13.8 Å². The summed E-state index contributed by atoms with van der Waals surface area (Å²) in [5.41, 5.74) is 0. The van der Waals surface area contributed by atoms with Gasteiger partial charge >= 0.3 is 0 Å². The van der Waals surface area contributed by atoms with E-state index in [1.54, 1.807) is 0 Å². The molecule has 0 aromatic heterocycles. The minimum absolute atomic E-state index is 0. The molecule has 1 heterocycles. The summed E-state index contributed by atoms with van der Waals surface area (Å²) in [6.45, 7) is 6.32. The molecule has 1 fully saturated rings. The van der Waals surface area contributed by atoms with Gasteiger partial charge < -0.3 is 16.0 Å². The average Bonchev–Trinajstić information content (AvgIpc) is 2.29. The van der Waals surface area contributed by atoms with Crippen molar-refractivity contribution in [3.05, 3.63) is 0 Å². The van der Waals surface area contributed by atoms with Crippen LogP contribution in [0.4, 0.5) is 0 Å². The lowest BCUT2D eigenvalue weighted by molar-refractivity contribution is -0.123. The highest BCUT2D eigenvalue weighted by molar-refractivity contribution is 5.85. The number of hydrogen-bond donors (Lipinski definition) is 3. The van der Waals surface area contributed by atoms with E-state index in [1.165, 1.54) is 0 Å². The number of amides is 2. The van der Waals surface area contributed by atoms with Crippen LogP contribution in [0.1, 0.15) is 39.5 Å². The fourth-order valence-corrected chi connectivity index (χ4v) is 2.03. The summed E-state index contributed by atoms with van der Waals surface area (Å²) in [4.78, 5) is 23.0. The van der Waals surface area contributed by atoms with Gasteiger partial charge in [0.05, 0.1) is 0 Å². The fraction of sp³-hybridized carbons (Fsp3) is 0.846. The summed E-state index contributed by atoms with van der Waals surface area (Å²) in [7, 11) is 0. The van der Waals surface area contributed by atoms with E-state index in [2.05, 4.69) is 16.0 Å². The third kappa shape index (κ3) is 8.83. The van der Waals surface area contributed by atoms with Gasteiger partial charge in [0.25, 0.3) is 0 Å². The Morgan fingerprint density at radius 1 is 1.32 bits per heavy atom. The van der Waals surface area contributed by atoms with Crippen molar-refractivity contribution in [3.63, 3.8) is 0 Å². The van der Waals surface area contributed by atoms with Gasteiger partial charge in [0.1, 0.15) is 0 Å². The van der Waals surface area contributed by atoms with Crippen LogP contribution in [-0.4, -0.2) is 37.5 Å². The third-order valence-corrected chi connectivity index (χ3v) is 2.93. The molecular formula is C13H26ClN3O2. The van der Waals surface area contributed by atoms with Gasteiger partial charge in [-0.2, -0.15) is 0 Å². The summed E-state index contributed by atoms with van der Waals surface area (Å²) < 4.78 is 0. The summed E-state index contributed by atoms with van der Waals surface area (Å²) in [5.74, 6) is 0.401. The topological polar surface area (TPSA) is 70.2 Å². The zero-order chi connectivity index (χ0) is 13.4. The van der Waals surface area contributed by atoms with Gasteiger partial charge in [-0.15, -0.1) is 12.4 Å². The SMILES string of the molecule is CC(C)CC(=O)NCCC(=O)N[C@H]1CCCNC1.Cl. The quantitative estimate of drug-likeness (QED) is 0.679. The molecule has 0 bridgehead atoms. The Bertz CT molecular complexity index is 279. The van der Waals surface area contributed by atoms with Crippen LogP contribution in [0, 0.1) is 5.92 Å². The minimum Gasteiger partial charge on any atom is -0.356 e. The van der Waals surface area contributed by atoms with E-state index in [0.29, 0.717) is 25.3 Å². The van der Waals surface area contributed by atoms with E-state index in [9.17, 15) is 9.59 Å². The maximum atomic E-state index is 11.6. The Morgan fingerprint density at radius 2 is 2.05 bits per heavy atom. The molecule has 112 valence electrons. The van der Waals surface area contributed by atoms with Crippen molar-refractivity contribution in [2.24, 2.45) is 5.92 Å². The van der Waals surface area contributed by atoms with Crippen LogP contribution in [-0.2, 0) is 9.59 Å². The van der Waals surface area contributed by atoms with Crippen molar-refractivity contribution >= 4 is 24.2 Å². The van der Waals surface area contributed by atoms with Crippen molar-refractivity contribution in [3.8, 4) is 0 Å². The standard InChI is InChI=1S/C13H25N3O2.ClH/c1-10(2)8-13(18)15-7-5-12(17)16-11-4-3-6-14-9-11;/h10-11,14H,3-9H2,1-2H3,(H,15,18)(H,16,17);1H/t11-;/m0./s1. The summed E-state index contributed by atoms with van der Waals surface area (Å²) >= 11 is 0. The van der Waals surface area contributed by atoms with Crippen molar-refractivity contribution in [2.75, 3.05) is 19.6 Å². The fourth-order valence-electron chi connectivity index (χ4n) is 2.03. The number of hydrogen-bond acceptors (Lipinski definition) is 3. The molecule has 0 radical (unpaired) electrons. The largest absolute Gasteiger partial charge is 0.356 e. The van der Waals surface area contributed by atoms with E-state index in [1.807, 2.05) is 13.8 Å². The van der Waals surface area contributed by atoms with Crippen molar-refractivity contribution < 1.29 is 9.59 Å². The van der Waals surface area contributed by atoms with Gasteiger partial charge in [0.2, 0.25) is 11.8 Å². The zero-order valence-corrected chi connectivity index (χ0v) is 12.6. The molecule has 6 heteroatoms. The maximum Gasteiger partial charge on any atom is 0.222 e. The summed E-state index contributed by atoms with van der Waals surface area (Å²) in [6.07, 6.45) is 3.03. The van der Waals surface area contributed by atoms with Crippen LogP contribution in [0.5, 0.6) is 0 Å². The molecule has 5 nitrogen and oxygen atoms in total. The lowest BCUT2D eigenvalue weighted by Gasteiger charge is -2.23. The molecule has 0 aliphatic carbocycles. The molecule has 1 aliphatic rings. The highest BCUT2D eigenvalue weighted by Gasteiger charge is 2.15. The van der Waals surface area contributed by atoms with Gasteiger partial charge in [0, 0.05) is 32.0 Å². The smallest absolute Gasteiger partial charge is 0.222 e. The number of carbonyl (C=O) groups is 2. The molecule has 1 saturated heterocycles. The summed E-state index contributed by atoms with van der Waals surface area (Å²) in [5, 5.41) is 9.00. The van der Waals surface area contributed by atoms with E-state index < -0.39 is 0 Å². The number of halogens is 1. The molecule has 0 saturated carbocycles. The number of carbonyl (C=O) groups excluding carboxylic acids is 2. The molecule has 3 N–H and O–H groups in total. The Balaban J connectivity index is 0.00000324. The lowest BCUT2D eigenvalue weighted by atomic mass is 10.1. The van der Waals surface area contributed by atoms with Crippen LogP contribution in [0.3, 0.4) is 0 Å². The first-order chi connectivity index (χ1) is 8.58. The molecule has 0 spiro atoms. The van der Waals surface area contributed by atoms with Crippen molar-refractivity contribution in [1.29, 1.82) is 0 Å². The Morgan fingerprint density at radius 3 is 2.63 bits per heavy atom. The molecule has 1 rings (SSSR count). The molecule has 0 aromatic carbocycles. The first-order valence-corrected chi connectivity index (χ1v) is 6.84. The normalized spacial score (nSPS) is 18.6. The molecular weight excluding hydrogens is 266 g/mol. The molecule has 0 aromatic rings. The average molecular weight is 292 g/mol. The van der Waals surface area contributed by atoms with E-state index in [0.717, 1.165) is 25.9 Å². The Hall–Kier alpha value is -0.810. The predicted octanol–water partition coefficient (Wildman–Crippen LogP) is 0.829. The lowest BCUT2D eigenvalue weighted by Crippen LogP contribution is -2.46. The van der Waals surface area contributed by atoms with Gasteiger partial charge in [-0.3, -0.25) is 9.59 Å². The van der Waals surface area contributed by atoms with Crippen LogP contribution in [0.2, 0.25) is 0 Å². The number of nitrogens with one attached hydrogen (secondary N) is 3. The van der Waals surface area contributed by atoms with Gasteiger partial charge in [-0.05, 0) is 25.3 Å². The monoisotopic (exact) mass is 291 g/mol.